The van der Waals surface area contributed by atoms with E-state index < -0.39 is 0 Å². The first-order valence-corrected chi connectivity index (χ1v) is 6.20. The fraction of sp³-hybridized carbons (Fsp3) is 0.667. The predicted octanol–water partition coefficient (Wildman–Crippen LogP) is 0.608. The summed E-state index contributed by atoms with van der Waals surface area (Å²) in [5.74, 6) is -0.158. The standard InChI is InChI=1S/C12H20N4O2/c1-7-6-9(4-5-18-7)14-12(17)11-10(13)8(2)15-16(11)3/h7,9H,4-6,13H2,1-3H3,(H,14,17). The zero-order valence-corrected chi connectivity index (χ0v) is 11.1. The Morgan fingerprint density at radius 3 is 2.89 bits per heavy atom. The fourth-order valence-electron chi connectivity index (χ4n) is 2.33. The number of anilines is 1. The van der Waals surface area contributed by atoms with Gasteiger partial charge < -0.3 is 15.8 Å². The lowest BCUT2D eigenvalue weighted by atomic mass is 10.0. The maximum absolute atomic E-state index is 12.2. The van der Waals surface area contributed by atoms with E-state index in [0.29, 0.717) is 23.7 Å². The fourth-order valence-corrected chi connectivity index (χ4v) is 2.33. The first-order chi connectivity index (χ1) is 8.49. The van der Waals surface area contributed by atoms with Gasteiger partial charge >= 0.3 is 0 Å². The maximum Gasteiger partial charge on any atom is 0.271 e. The molecule has 2 heterocycles. The number of nitrogens with one attached hydrogen (secondary N) is 1. The highest BCUT2D eigenvalue weighted by Crippen LogP contribution is 2.17. The molecule has 1 amide bonds. The second-order valence-electron chi connectivity index (χ2n) is 4.85. The van der Waals surface area contributed by atoms with Gasteiger partial charge in [-0.15, -0.1) is 0 Å². The van der Waals surface area contributed by atoms with Crippen molar-refractivity contribution in [1.29, 1.82) is 0 Å². The molecule has 0 saturated carbocycles. The van der Waals surface area contributed by atoms with Crippen LogP contribution in [0.25, 0.3) is 0 Å². The SMILES string of the molecule is Cc1nn(C)c(C(=O)NC2CCOC(C)C2)c1N. The molecule has 2 atom stereocenters. The quantitative estimate of drug-likeness (QED) is 0.808. The summed E-state index contributed by atoms with van der Waals surface area (Å²) in [6.45, 7) is 4.50. The Labute approximate surface area is 106 Å². The highest BCUT2D eigenvalue weighted by molar-refractivity contribution is 5.98. The number of rotatable bonds is 2. The minimum Gasteiger partial charge on any atom is -0.395 e. The number of aromatic nitrogens is 2. The number of carbonyl (C=O) groups is 1. The molecule has 2 rings (SSSR count). The van der Waals surface area contributed by atoms with Crippen molar-refractivity contribution < 1.29 is 9.53 Å². The van der Waals surface area contributed by atoms with Gasteiger partial charge in [-0.05, 0) is 26.7 Å². The van der Waals surface area contributed by atoms with Crippen LogP contribution < -0.4 is 11.1 Å². The first-order valence-electron chi connectivity index (χ1n) is 6.20. The molecular weight excluding hydrogens is 232 g/mol. The Balaban J connectivity index is 2.07. The number of ether oxygens (including phenoxy) is 1. The third-order valence-corrected chi connectivity index (χ3v) is 3.30. The van der Waals surface area contributed by atoms with E-state index in [4.69, 9.17) is 10.5 Å². The van der Waals surface area contributed by atoms with Crippen molar-refractivity contribution in [3.63, 3.8) is 0 Å². The summed E-state index contributed by atoms with van der Waals surface area (Å²) in [4.78, 5) is 12.2. The van der Waals surface area contributed by atoms with Crippen LogP contribution in [-0.4, -0.2) is 34.4 Å². The molecule has 6 heteroatoms. The highest BCUT2D eigenvalue weighted by atomic mass is 16.5. The van der Waals surface area contributed by atoms with Crippen molar-refractivity contribution in [2.45, 2.75) is 38.8 Å². The molecule has 0 aliphatic carbocycles. The minimum absolute atomic E-state index is 0.149. The van der Waals surface area contributed by atoms with E-state index in [1.54, 1.807) is 14.0 Å². The largest absolute Gasteiger partial charge is 0.395 e. The van der Waals surface area contributed by atoms with Crippen LogP contribution in [0.15, 0.2) is 0 Å². The van der Waals surface area contributed by atoms with Crippen molar-refractivity contribution in [1.82, 2.24) is 15.1 Å². The van der Waals surface area contributed by atoms with Gasteiger partial charge in [-0.25, -0.2) is 0 Å². The number of nitrogens with zero attached hydrogens (tertiary/aromatic N) is 2. The van der Waals surface area contributed by atoms with Crippen LogP contribution in [0.5, 0.6) is 0 Å². The maximum atomic E-state index is 12.2. The van der Waals surface area contributed by atoms with Gasteiger partial charge in [-0.1, -0.05) is 0 Å². The summed E-state index contributed by atoms with van der Waals surface area (Å²) < 4.78 is 6.98. The smallest absolute Gasteiger partial charge is 0.271 e. The van der Waals surface area contributed by atoms with E-state index >= 15 is 0 Å². The van der Waals surface area contributed by atoms with Crippen LogP contribution in [0.1, 0.15) is 35.9 Å². The molecule has 1 saturated heterocycles. The molecule has 1 aliphatic rings. The Morgan fingerprint density at radius 2 is 2.33 bits per heavy atom. The molecule has 2 unspecified atom stereocenters. The molecule has 0 aromatic carbocycles. The van der Waals surface area contributed by atoms with Crippen LogP contribution in [0, 0.1) is 6.92 Å². The normalized spacial score (nSPS) is 23.9. The third kappa shape index (κ3) is 2.48. The van der Waals surface area contributed by atoms with Crippen LogP contribution in [-0.2, 0) is 11.8 Å². The second-order valence-corrected chi connectivity index (χ2v) is 4.85. The summed E-state index contributed by atoms with van der Waals surface area (Å²) in [6.07, 6.45) is 1.87. The molecule has 1 aromatic rings. The number of nitrogens with two attached hydrogens (primary N) is 1. The van der Waals surface area contributed by atoms with Crippen LogP contribution in [0.3, 0.4) is 0 Å². The number of hydrogen-bond acceptors (Lipinski definition) is 4. The summed E-state index contributed by atoms with van der Waals surface area (Å²) in [5, 5.41) is 7.15. The van der Waals surface area contributed by atoms with E-state index in [0.717, 1.165) is 12.8 Å². The molecule has 1 aromatic heterocycles. The summed E-state index contributed by atoms with van der Waals surface area (Å²) in [6, 6.07) is 0.149. The first kappa shape index (κ1) is 12.9. The zero-order valence-electron chi connectivity index (χ0n) is 11.1. The second kappa shape index (κ2) is 4.97. The van der Waals surface area contributed by atoms with Gasteiger partial charge in [-0.2, -0.15) is 5.10 Å². The topological polar surface area (TPSA) is 82.2 Å². The molecule has 1 fully saturated rings. The summed E-state index contributed by atoms with van der Waals surface area (Å²) in [5.41, 5.74) is 7.44. The van der Waals surface area contributed by atoms with E-state index in [9.17, 15) is 4.79 Å². The summed E-state index contributed by atoms with van der Waals surface area (Å²) >= 11 is 0. The number of aryl methyl sites for hydroxylation is 2. The van der Waals surface area contributed by atoms with Crippen molar-refractivity contribution in [2.75, 3.05) is 12.3 Å². The summed E-state index contributed by atoms with van der Waals surface area (Å²) in [7, 11) is 1.73. The zero-order chi connectivity index (χ0) is 13.3. The Hall–Kier alpha value is -1.56. The van der Waals surface area contributed by atoms with Gasteiger partial charge in [0.05, 0.1) is 17.5 Å². The number of amides is 1. The van der Waals surface area contributed by atoms with E-state index in [1.807, 2.05) is 6.92 Å². The van der Waals surface area contributed by atoms with E-state index in [2.05, 4.69) is 10.4 Å². The molecule has 3 N–H and O–H groups in total. The predicted molar refractivity (Wildman–Crippen MR) is 68.3 cm³/mol. The Kier molecular flexibility index (Phi) is 3.56. The highest BCUT2D eigenvalue weighted by Gasteiger charge is 2.24. The molecule has 0 bridgehead atoms. The number of nitrogen functional groups attached to an aromatic ring is 1. The lowest BCUT2D eigenvalue weighted by Crippen LogP contribution is -2.42. The Bertz CT molecular complexity index is 455. The Morgan fingerprint density at radius 1 is 1.61 bits per heavy atom. The molecule has 1 aliphatic heterocycles. The molecule has 0 spiro atoms. The number of carbonyl (C=O) groups excluding carboxylic acids is 1. The van der Waals surface area contributed by atoms with Crippen molar-refractivity contribution in [3.8, 4) is 0 Å². The van der Waals surface area contributed by atoms with Crippen molar-refractivity contribution in [3.05, 3.63) is 11.4 Å². The van der Waals surface area contributed by atoms with Crippen LogP contribution in [0.2, 0.25) is 0 Å². The lowest BCUT2D eigenvalue weighted by molar-refractivity contribution is 0.0136. The van der Waals surface area contributed by atoms with Crippen LogP contribution >= 0.6 is 0 Å². The van der Waals surface area contributed by atoms with Gasteiger partial charge in [0.15, 0.2) is 0 Å². The molecule has 6 nitrogen and oxygen atoms in total. The monoisotopic (exact) mass is 252 g/mol. The molecular formula is C12H20N4O2. The lowest BCUT2D eigenvalue weighted by Gasteiger charge is -2.27. The number of hydrogen-bond donors (Lipinski definition) is 2. The average molecular weight is 252 g/mol. The van der Waals surface area contributed by atoms with Gasteiger partial charge in [-0.3, -0.25) is 9.48 Å². The minimum atomic E-state index is -0.158. The van der Waals surface area contributed by atoms with Gasteiger partial charge in [0.2, 0.25) is 0 Å². The van der Waals surface area contributed by atoms with E-state index in [1.165, 1.54) is 4.68 Å². The third-order valence-electron chi connectivity index (χ3n) is 3.30. The van der Waals surface area contributed by atoms with Crippen molar-refractivity contribution in [2.24, 2.45) is 7.05 Å². The van der Waals surface area contributed by atoms with E-state index in [-0.39, 0.29) is 18.1 Å². The van der Waals surface area contributed by atoms with Crippen molar-refractivity contribution >= 4 is 11.6 Å². The van der Waals surface area contributed by atoms with Crippen LogP contribution in [0.4, 0.5) is 5.69 Å². The molecule has 0 radical (unpaired) electrons. The van der Waals surface area contributed by atoms with Gasteiger partial charge in [0.1, 0.15) is 5.69 Å². The van der Waals surface area contributed by atoms with Gasteiger partial charge in [0.25, 0.3) is 5.91 Å². The molecule has 18 heavy (non-hydrogen) atoms. The average Bonchev–Trinajstić information content (AvgIpc) is 2.53. The molecule has 100 valence electrons. The van der Waals surface area contributed by atoms with Gasteiger partial charge in [0, 0.05) is 19.7 Å².